The third-order valence-electron chi connectivity index (χ3n) is 4.58. The molecule has 0 saturated heterocycles. The number of anilines is 1. The highest BCUT2D eigenvalue weighted by Gasteiger charge is 2.26. The number of nitrogens with zero attached hydrogens (tertiary/aromatic N) is 2. The summed E-state index contributed by atoms with van der Waals surface area (Å²) in [6.45, 7) is 7.77. The van der Waals surface area contributed by atoms with Gasteiger partial charge in [0.25, 0.3) is 0 Å². The van der Waals surface area contributed by atoms with Crippen LogP contribution >= 0.6 is 11.6 Å². The number of hydrogen-bond donors (Lipinski definition) is 0. The molecule has 0 amide bonds. The number of halogens is 1. The fourth-order valence-electron chi connectivity index (χ4n) is 3.20. The number of benzene rings is 2. The van der Waals surface area contributed by atoms with Gasteiger partial charge in [0.05, 0.1) is 22.7 Å². The molecule has 1 aromatic heterocycles. The van der Waals surface area contributed by atoms with Crippen LogP contribution in [0.25, 0.3) is 10.9 Å². The lowest BCUT2D eigenvalue weighted by Gasteiger charge is -2.25. The van der Waals surface area contributed by atoms with Gasteiger partial charge in [-0.05, 0) is 63.2 Å². The predicted molar refractivity (Wildman–Crippen MR) is 113 cm³/mol. The summed E-state index contributed by atoms with van der Waals surface area (Å²) < 4.78 is 32.5. The molecule has 0 unspecified atom stereocenters. The van der Waals surface area contributed by atoms with Gasteiger partial charge >= 0.3 is 0 Å². The molecule has 3 aromatic rings. The molecule has 28 heavy (non-hydrogen) atoms. The molecule has 1 heterocycles. The number of aromatic nitrogens is 1. The third kappa shape index (κ3) is 3.80. The lowest BCUT2D eigenvalue weighted by Crippen LogP contribution is -2.24. The van der Waals surface area contributed by atoms with E-state index in [4.69, 9.17) is 16.3 Å². The molecule has 0 spiro atoms. The second kappa shape index (κ2) is 8.37. The van der Waals surface area contributed by atoms with E-state index in [1.807, 2.05) is 43.9 Å². The van der Waals surface area contributed by atoms with Crippen molar-refractivity contribution in [1.29, 1.82) is 0 Å². The molecular formula is C21H23ClN2O3S. The van der Waals surface area contributed by atoms with E-state index in [2.05, 4.69) is 4.98 Å². The quantitative estimate of drug-likeness (QED) is 0.542. The summed E-state index contributed by atoms with van der Waals surface area (Å²) in [6.07, 6.45) is 1.44. The van der Waals surface area contributed by atoms with E-state index in [1.54, 1.807) is 12.1 Å². The van der Waals surface area contributed by atoms with Crippen LogP contribution in [0.5, 0.6) is 5.75 Å². The number of fused-ring (bicyclic) bond motifs is 1. The van der Waals surface area contributed by atoms with E-state index in [9.17, 15) is 8.42 Å². The molecule has 0 fully saturated rings. The molecule has 0 atom stereocenters. The Morgan fingerprint density at radius 3 is 2.32 bits per heavy atom. The maximum absolute atomic E-state index is 13.4. The topological polar surface area (TPSA) is 59.5 Å². The maximum Gasteiger partial charge on any atom is 0.210 e. The maximum atomic E-state index is 13.4. The van der Waals surface area contributed by atoms with Gasteiger partial charge in [-0.3, -0.25) is 4.98 Å². The second-order valence-electron chi connectivity index (χ2n) is 6.21. The number of rotatable bonds is 7. The highest BCUT2D eigenvalue weighted by Crippen LogP contribution is 2.37. The minimum absolute atomic E-state index is 0.180. The lowest BCUT2D eigenvalue weighted by molar-refractivity contribution is 0.340. The molecule has 2 aromatic carbocycles. The monoisotopic (exact) mass is 418 g/mol. The average Bonchev–Trinajstić information content (AvgIpc) is 2.69. The number of pyridine rings is 1. The zero-order chi connectivity index (χ0) is 20.3. The van der Waals surface area contributed by atoms with Gasteiger partial charge in [-0.1, -0.05) is 11.6 Å². The van der Waals surface area contributed by atoms with Crippen LogP contribution in [0.2, 0.25) is 5.02 Å². The van der Waals surface area contributed by atoms with Gasteiger partial charge in [0.15, 0.2) is 0 Å². The third-order valence-corrected chi connectivity index (χ3v) is 6.60. The zero-order valence-corrected chi connectivity index (χ0v) is 17.7. The van der Waals surface area contributed by atoms with Crippen molar-refractivity contribution in [3.8, 4) is 5.75 Å². The normalized spacial score (nSPS) is 11.6. The van der Waals surface area contributed by atoms with Crippen LogP contribution in [0.3, 0.4) is 0 Å². The van der Waals surface area contributed by atoms with Crippen molar-refractivity contribution >= 4 is 38.0 Å². The minimum Gasteiger partial charge on any atom is -0.494 e. The molecule has 0 aliphatic carbocycles. The highest BCUT2D eigenvalue weighted by molar-refractivity contribution is 7.91. The van der Waals surface area contributed by atoms with Gasteiger partial charge < -0.3 is 9.64 Å². The van der Waals surface area contributed by atoms with E-state index in [-0.39, 0.29) is 9.79 Å². The first-order valence-corrected chi connectivity index (χ1v) is 11.1. The van der Waals surface area contributed by atoms with Gasteiger partial charge in [0, 0.05) is 29.7 Å². The van der Waals surface area contributed by atoms with Crippen LogP contribution < -0.4 is 9.64 Å². The molecule has 3 rings (SSSR count). The molecule has 148 valence electrons. The van der Waals surface area contributed by atoms with Crippen molar-refractivity contribution in [3.05, 3.63) is 53.7 Å². The number of hydrogen-bond acceptors (Lipinski definition) is 5. The molecule has 0 bridgehead atoms. The van der Waals surface area contributed by atoms with Gasteiger partial charge in [-0.15, -0.1) is 0 Å². The zero-order valence-electron chi connectivity index (χ0n) is 16.1. The summed E-state index contributed by atoms with van der Waals surface area (Å²) in [5, 5.41) is 1.24. The Hall–Kier alpha value is -2.31. The molecule has 0 aliphatic rings. The molecule has 0 aliphatic heterocycles. The standard InChI is InChI=1S/C21H23ClN2O3S/c1-4-24(5-2)21-18-13-16(27-6-3)9-12-19(18)23-14-20(21)28(25,26)17-10-7-15(22)8-11-17/h7-14H,4-6H2,1-3H3. The van der Waals surface area contributed by atoms with Crippen molar-refractivity contribution in [2.24, 2.45) is 0 Å². The predicted octanol–water partition coefficient (Wildman–Crippen LogP) is 4.97. The Kier molecular flexibility index (Phi) is 6.10. The van der Waals surface area contributed by atoms with E-state index < -0.39 is 9.84 Å². The Morgan fingerprint density at radius 2 is 1.71 bits per heavy atom. The first-order chi connectivity index (χ1) is 13.4. The largest absolute Gasteiger partial charge is 0.494 e. The van der Waals surface area contributed by atoms with Gasteiger partial charge in [-0.2, -0.15) is 0 Å². The SMILES string of the molecule is CCOc1ccc2ncc(S(=O)(=O)c3ccc(Cl)cc3)c(N(CC)CC)c2c1. The van der Waals surface area contributed by atoms with Crippen LogP contribution in [0.15, 0.2) is 58.5 Å². The van der Waals surface area contributed by atoms with Crippen molar-refractivity contribution in [2.75, 3.05) is 24.6 Å². The van der Waals surface area contributed by atoms with Gasteiger partial charge in [0.2, 0.25) is 9.84 Å². The first kappa shape index (κ1) is 20.4. The van der Waals surface area contributed by atoms with E-state index in [0.29, 0.717) is 36.2 Å². The highest BCUT2D eigenvalue weighted by atomic mass is 35.5. The lowest BCUT2D eigenvalue weighted by atomic mass is 10.1. The summed E-state index contributed by atoms with van der Waals surface area (Å²) in [5.74, 6) is 0.686. The molecule has 0 radical (unpaired) electrons. The molecular weight excluding hydrogens is 396 g/mol. The Bertz CT molecular complexity index is 1080. The van der Waals surface area contributed by atoms with Gasteiger partial charge in [-0.25, -0.2) is 8.42 Å². The molecule has 0 saturated carbocycles. The summed E-state index contributed by atoms with van der Waals surface area (Å²) in [7, 11) is -3.77. The van der Waals surface area contributed by atoms with E-state index in [1.165, 1.54) is 18.3 Å². The van der Waals surface area contributed by atoms with Crippen molar-refractivity contribution in [1.82, 2.24) is 4.98 Å². The van der Waals surface area contributed by atoms with E-state index >= 15 is 0 Å². The molecule has 7 heteroatoms. The van der Waals surface area contributed by atoms with Crippen LogP contribution in [0.1, 0.15) is 20.8 Å². The van der Waals surface area contributed by atoms with Crippen molar-refractivity contribution in [3.63, 3.8) is 0 Å². The molecule has 0 N–H and O–H groups in total. The van der Waals surface area contributed by atoms with Crippen LogP contribution in [-0.4, -0.2) is 33.1 Å². The minimum atomic E-state index is -3.77. The summed E-state index contributed by atoms with van der Waals surface area (Å²) in [4.78, 5) is 6.81. The van der Waals surface area contributed by atoms with E-state index in [0.717, 1.165) is 10.9 Å². The van der Waals surface area contributed by atoms with Crippen LogP contribution in [-0.2, 0) is 9.84 Å². The molecule has 5 nitrogen and oxygen atoms in total. The van der Waals surface area contributed by atoms with Crippen LogP contribution in [0.4, 0.5) is 5.69 Å². The first-order valence-electron chi connectivity index (χ1n) is 9.23. The Labute approximate surface area is 170 Å². The van der Waals surface area contributed by atoms with Crippen molar-refractivity contribution < 1.29 is 13.2 Å². The Balaban J connectivity index is 2.32. The fraction of sp³-hybridized carbons (Fsp3) is 0.286. The number of ether oxygens (including phenoxy) is 1. The Morgan fingerprint density at radius 1 is 1.04 bits per heavy atom. The summed E-state index contributed by atoms with van der Waals surface area (Å²) in [5.41, 5.74) is 1.37. The van der Waals surface area contributed by atoms with Crippen molar-refractivity contribution in [2.45, 2.75) is 30.6 Å². The average molecular weight is 419 g/mol. The fourth-order valence-corrected chi connectivity index (χ4v) is 4.76. The smallest absolute Gasteiger partial charge is 0.210 e. The summed E-state index contributed by atoms with van der Waals surface area (Å²) >= 11 is 5.93. The van der Waals surface area contributed by atoms with Gasteiger partial charge in [0.1, 0.15) is 10.6 Å². The second-order valence-corrected chi connectivity index (χ2v) is 8.57. The van der Waals surface area contributed by atoms with Crippen LogP contribution in [0, 0.1) is 0 Å². The number of sulfone groups is 1. The summed E-state index contributed by atoms with van der Waals surface area (Å²) in [6, 6.07) is 11.7.